The Balaban J connectivity index is 1.95. The lowest BCUT2D eigenvalue weighted by Gasteiger charge is -2.26. The summed E-state index contributed by atoms with van der Waals surface area (Å²) in [7, 11) is 0. The van der Waals surface area contributed by atoms with Gasteiger partial charge in [0.1, 0.15) is 0 Å². The molecule has 1 saturated carbocycles. The first kappa shape index (κ1) is 14.9. The van der Waals surface area contributed by atoms with Crippen LogP contribution in [0.4, 0.5) is 13.2 Å². The van der Waals surface area contributed by atoms with Crippen molar-refractivity contribution in [3.8, 4) is 0 Å². The molecule has 0 heterocycles. The number of rotatable bonds is 3. The van der Waals surface area contributed by atoms with Crippen molar-refractivity contribution in [2.45, 2.75) is 49.5 Å². The highest BCUT2D eigenvalue weighted by molar-refractivity contribution is 9.09. The van der Waals surface area contributed by atoms with Gasteiger partial charge >= 0.3 is 6.18 Å². The van der Waals surface area contributed by atoms with Crippen LogP contribution in [-0.2, 0) is 12.6 Å². The van der Waals surface area contributed by atoms with E-state index in [0.29, 0.717) is 10.7 Å². The van der Waals surface area contributed by atoms with E-state index in [1.807, 2.05) is 0 Å². The summed E-state index contributed by atoms with van der Waals surface area (Å²) >= 11 is 3.71. The Morgan fingerprint density at radius 3 is 2.16 bits per heavy atom. The van der Waals surface area contributed by atoms with Gasteiger partial charge in [-0.1, -0.05) is 47.3 Å². The van der Waals surface area contributed by atoms with Crippen molar-refractivity contribution < 1.29 is 13.2 Å². The summed E-state index contributed by atoms with van der Waals surface area (Å²) in [6.07, 6.45) is 2.90. The zero-order valence-corrected chi connectivity index (χ0v) is 12.3. The lowest BCUT2D eigenvalue weighted by Crippen LogP contribution is -2.19. The molecule has 0 bridgehead atoms. The molecule has 0 aliphatic heterocycles. The molecule has 1 fully saturated rings. The van der Waals surface area contributed by atoms with Crippen molar-refractivity contribution in [3.63, 3.8) is 0 Å². The second-order valence-electron chi connectivity index (χ2n) is 5.31. The van der Waals surface area contributed by atoms with Crippen LogP contribution in [0.2, 0.25) is 0 Å². The monoisotopic (exact) mass is 334 g/mol. The zero-order valence-electron chi connectivity index (χ0n) is 10.7. The van der Waals surface area contributed by atoms with Gasteiger partial charge in [0.15, 0.2) is 0 Å². The van der Waals surface area contributed by atoms with Crippen LogP contribution in [0.15, 0.2) is 24.3 Å². The van der Waals surface area contributed by atoms with Crippen molar-refractivity contribution in [2.75, 3.05) is 0 Å². The van der Waals surface area contributed by atoms with Gasteiger partial charge in [0.2, 0.25) is 0 Å². The van der Waals surface area contributed by atoms with E-state index in [4.69, 9.17) is 0 Å². The molecule has 1 aliphatic rings. The molecule has 0 radical (unpaired) electrons. The summed E-state index contributed by atoms with van der Waals surface area (Å²) in [6, 6.07) is 5.55. The molecule has 0 spiro atoms. The molecule has 1 aliphatic carbocycles. The van der Waals surface area contributed by atoms with Crippen LogP contribution in [0.25, 0.3) is 0 Å². The molecule has 0 saturated heterocycles. The second kappa shape index (κ2) is 6.29. The van der Waals surface area contributed by atoms with Crippen molar-refractivity contribution in [3.05, 3.63) is 35.4 Å². The van der Waals surface area contributed by atoms with Gasteiger partial charge in [0.25, 0.3) is 0 Å². The summed E-state index contributed by atoms with van der Waals surface area (Å²) in [4.78, 5) is 0.379. The number of hydrogen-bond acceptors (Lipinski definition) is 0. The van der Waals surface area contributed by atoms with Crippen LogP contribution in [0.3, 0.4) is 0 Å². The van der Waals surface area contributed by atoms with Gasteiger partial charge in [0, 0.05) is 4.83 Å². The third-order valence-electron chi connectivity index (χ3n) is 3.87. The Bertz CT molecular complexity index is 391. The highest BCUT2D eigenvalue weighted by atomic mass is 79.9. The molecular weight excluding hydrogens is 317 g/mol. The van der Waals surface area contributed by atoms with Gasteiger partial charge in [-0.05, 0) is 42.9 Å². The van der Waals surface area contributed by atoms with Gasteiger partial charge < -0.3 is 0 Å². The number of benzene rings is 1. The molecule has 1 aromatic rings. The van der Waals surface area contributed by atoms with E-state index in [-0.39, 0.29) is 0 Å². The molecule has 19 heavy (non-hydrogen) atoms. The second-order valence-corrected chi connectivity index (χ2v) is 6.49. The van der Waals surface area contributed by atoms with Crippen LogP contribution in [0, 0.1) is 5.92 Å². The largest absolute Gasteiger partial charge is 0.416 e. The SMILES string of the molecule is FC(F)(F)c1ccc(CC(Br)C2CCCCC2)cc1. The van der Waals surface area contributed by atoms with Gasteiger partial charge in [-0.3, -0.25) is 0 Å². The van der Waals surface area contributed by atoms with Crippen LogP contribution >= 0.6 is 15.9 Å². The first-order valence-corrected chi connectivity index (χ1v) is 7.68. The van der Waals surface area contributed by atoms with Crippen molar-refractivity contribution in [1.82, 2.24) is 0 Å². The fourth-order valence-corrected chi connectivity index (χ4v) is 3.62. The third kappa shape index (κ3) is 4.23. The Hall–Kier alpha value is -0.510. The highest BCUT2D eigenvalue weighted by Crippen LogP contribution is 2.33. The maximum atomic E-state index is 12.5. The molecule has 2 rings (SSSR count). The molecule has 1 unspecified atom stereocenters. The van der Waals surface area contributed by atoms with Gasteiger partial charge in [0.05, 0.1) is 5.56 Å². The minimum absolute atomic E-state index is 0.379. The Morgan fingerprint density at radius 2 is 1.63 bits per heavy atom. The number of hydrogen-bond donors (Lipinski definition) is 0. The molecule has 0 nitrogen and oxygen atoms in total. The van der Waals surface area contributed by atoms with E-state index < -0.39 is 11.7 Å². The average molecular weight is 335 g/mol. The summed E-state index contributed by atoms with van der Waals surface area (Å²) < 4.78 is 37.4. The molecule has 0 aromatic heterocycles. The van der Waals surface area contributed by atoms with Crippen LogP contribution in [0.5, 0.6) is 0 Å². The van der Waals surface area contributed by atoms with Crippen molar-refractivity contribution in [2.24, 2.45) is 5.92 Å². The normalized spacial score (nSPS) is 19.4. The maximum absolute atomic E-state index is 12.5. The van der Waals surface area contributed by atoms with E-state index in [0.717, 1.165) is 12.0 Å². The van der Waals surface area contributed by atoms with E-state index in [9.17, 15) is 13.2 Å². The summed E-state index contributed by atoms with van der Waals surface area (Å²) in [5, 5.41) is 0. The number of halogens is 4. The van der Waals surface area contributed by atoms with Gasteiger partial charge in [-0.25, -0.2) is 0 Å². The smallest absolute Gasteiger partial charge is 0.166 e. The fraction of sp³-hybridized carbons (Fsp3) is 0.600. The predicted molar refractivity (Wildman–Crippen MR) is 74.4 cm³/mol. The predicted octanol–water partition coefficient (Wildman–Crippen LogP) is 5.59. The first-order chi connectivity index (χ1) is 8.97. The number of alkyl halides is 4. The minimum Gasteiger partial charge on any atom is -0.166 e. The quantitative estimate of drug-likeness (QED) is 0.632. The zero-order chi connectivity index (χ0) is 13.9. The van der Waals surface area contributed by atoms with Crippen LogP contribution in [0.1, 0.15) is 43.2 Å². The standard InChI is InChI=1S/C15H18BrF3/c16-14(12-4-2-1-3-5-12)10-11-6-8-13(9-7-11)15(17,18)19/h6-9,12,14H,1-5,10H2. The van der Waals surface area contributed by atoms with E-state index in [1.165, 1.54) is 44.2 Å². The van der Waals surface area contributed by atoms with Gasteiger partial charge in [-0.2, -0.15) is 13.2 Å². The fourth-order valence-electron chi connectivity index (χ4n) is 2.72. The van der Waals surface area contributed by atoms with E-state index in [2.05, 4.69) is 15.9 Å². The Morgan fingerprint density at radius 1 is 1.05 bits per heavy atom. The Kier molecular flexibility index (Phi) is 4.93. The van der Waals surface area contributed by atoms with E-state index in [1.54, 1.807) is 12.1 Å². The topological polar surface area (TPSA) is 0 Å². The minimum atomic E-state index is -4.24. The molecule has 1 atom stereocenters. The summed E-state index contributed by atoms with van der Waals surface area (Å²) in [5.41, 5.74) is 0.403. The first-order valence-electron chi connectivity index (χ1n) is 6.77. The molecule has 106 valence electrons. The summed E-state index contributed by atoms with van der Waals surface area (Å²) in [6.45, 7) is 0. The molecule has 4 heteroatoms. The molecule has 1 aromatic carbocycles. The van der Waals surface area contributed by atoms with E-state index >= 15 is 0 Å². The van der Waals surface area contributed by atoms with Crippen molar-refractivity contribution in [1.29, 1.82) is 0 Å². The molecule has 0 N–H and O–H groups in total. The average Bonchev–Trinajstić information content (AvgIpc) is 2.39. The van der Waals surface area contributed by atoms with Gasteiger partial charge in [-0.15, -0.1) is 0 Å². The highest BCUT2D eigenvalue weighted by Gasteiger charge is 2.30. The summed E-state index contributed by atoms with van der Waals surface area (Å²) in [5.74, 6) is 0.663. The van der Waals surface area contributed by atoms with Crippen LogP contribution < -0.4 is 0 Å². The lowest BCUT2D eigenvalue weighted by atomic mass is 9.85. The maximum Gasteiger partial charge on any atom is 0.416 e. The Labute approximate surface area is 120 Å². The molecule has 0 amide bonds. The molecular formula is C15H18BrF3. The van der Waals surface area contributed by atoms with Crippen LogP contribution in [-0.4, -0.2) is 4.83 Å². The van der Waals surface area contributed by atoms with Crippen molar-refractivity contribution >= 4 is 15.9 Å². The third-order valence-corrected chi connectivity index (χ3v) is 4.94. The lowest BCUT2D eigenvalue weighted by molar-refractivity contribution is -0.137.